The molecule has 0 spiro atoms. The topological polar surface area (TPSA) is 68.3 Å². The van der Waals surface area contributed by atoms with Crippen LogP contribution >= 0.6 is 11.3 Å². The van der Waals surface area contributed by atoms with Crippen LogP contribution in [0.1, 0.15) is 35.5 Å². The lowest BCUT2D eigenvalue weighted by atomic mass is 10.1. The Balaban J connectivity index is 1.56. The van der Waals surface area contributed by atoms with Crippen molar-refractivity contribution in [3.8, 4) is 10.6 Å². The van der Waals surface area contributed by atoms with Crippen molar-refractivity contribution in [2.24, 2.45) is 0 Å². The molecule has 0 aliphatic carbocycles. The first kappa shape index (κ1) is 19.8. The van der Waals surface area contributed by atoms with Gasteiger partial charge in [0.1, 0.15) is 5.01 Å². The largest absolute Gasteiger partial charge is 0.448 e. The minimum absolute atomic E-state index is 0.210. The Labute approximate surface area is 168 Å². The highest BCUT2D eigenvalue weighted by atomic mass is 32.1. The fourth-order valence-corrected chi connectivity index (χ4v) is 3.38. The molecule has 0 aliphatic heterocycles. The van der Waals surface area contributed by atoms with Gasteiger partial charge in [-0.1, -0.05) is 61.5 Å². The van der Waals surface area contributed by atoms with Crippen molar-refractivity contribution in [2.75, 3.05) is 0 Å². The van der Waals surface area contributed by atoms with Crippen molar-refractivity contribution in [3.05, 3.63) is 76.8 Å². The monoisotopic (exact) mass is 394 g/mol. The van der Waals surface area contributed by atoms with Crippen LogP contribution in [-0.4, -0.2) is 23.0 Å². The molecule has 1 N–H and O–H groups in total. The molecular weight excluding hydrogens is 372 g/mol. The van der Waals surface area contributed by atoms with Crippen LogP contribution in [-0.2, 0) is 22.5 Å². The Bertz CT molecular complexity index is 936. The number of carbonyl (C=O) groups excluding carboxylic acids is 2. The van der Waals surface area contributed by atoms with E-state index in [2.05, 4.69) is 17.2 Å². The lowest BCUT2D eigenvalue weighted by Gasteiger charge is -2.12. The Kier molecular flexibility index (Phi) is 6.55. The predicted octanol–water partition coefficient (Wildman–Crippen LogP) is 4.23. The Morgan fingerprint density at radius 3 is 2.46 bits per heavy atom. The zero-order chi connectivity index (χ0) is 19.9. The van der Waals surface area contributed by atoms with E-state index in [4.69, 9.17) is 4.74 Å². The summed E-state index contributed by atoms with van der Waals surface area (Å²) in [6, 6.07) is 17.6. The van der Waals surface area contributed by atoms with Crippen LogP contribution in [0.5, 0.6) is 0 Å². The summed E-state index contributed by atoms with van der Waals surface area (Å²) in [4.78, 5) is 28.8. The van der Waals surface area contributed by atoms with Gasteiger partial charge in [0.15, 0.2) is 11.8 Å². The SMILES string of the molecule is CCc1ccc(-c2nc(C(=O)O[C@@H](C)C(=O)NCc3ccccc3)cs2)cc1. The van der Waals surface area contributed by atoms with Gasteiger partial charge in [-0.05, 0) is 24.5 Å². The highest BCUT2D eigenvalue weighted by Gasteiger charge is 2.21. The van der Waals surface area contributed by atoms with Gasteiger partial charge in [0.25, 0.3) is 5.91 Å². The van der Waals surface area contributed by atoms with Gasteiger partial charge in [-0.25, -0.2) is 9.78 Å². The normalized spacial score (nSPS) is 11.6. The van der Waals surface area contributed by atoms with E-state index in [-0.39, 0.29) is 11.6 Å². The summed E-state index contributed by atoms with van der Waals surface area (Å²) in [5.41, 5.74) is 3.39. The average Bonchev–Trinajstić information content (AvgIpc) is 3.23. The quantitative estimate of drug-likeness (QED) is 0.609. The van der Waals surface area contributed by atoms with E-state index in [1.54, 1.807) is 12.3 Å². The molecule has 6 heteroatoms. The van der Waals surface area contributed by atoms with Gasteiger partial charge in [0, 0.05) is 17.5 Å². The number of hydrogen-bond acceptors (Lipinski definition) is 5. The van der Waals surface area contributed by atoms with Gasteiger partial charge in [-0.3, -0.25) is 4.79 Å². The van der Waals surface area contributed by atoms with Crippen molar-refractivity contribution in [2.45, 2.75) is 32.9 Å². The summed E-state index contributed by atoms with van der Waals surface area (Å²) in [5.74, 6) is -0.946. The van der Waals surface area contributed by atoms with Crippen LogP contribution in [0, 0.1) is 0 Å². The van der Waals surface area contributed by atoms with Crippen molar-refractivity contribution in [1.29, 1.82) is 0 Å². The maximum atomic E-state index is 12.3. The maximum absolute atomic E-state index is 12.3. The first-order chi connectivity index (χ1) is 13.6. The molecule has 0 bridgehead atoms. The summed E-state index contributed by atoms with van der Waals surface area (Å²) >= 11 is 1.37. The number of benzene rings is 2. The molecular formula is C22H22N2O3S. The number of rotatable bonds is 7. The summed E-state index contributed by atoms with van der Waals surface area (Å²) in [6.45, 7) is 4.04. The van der Waals surface area contributed by atoms with E-state index in [0.717, 1.165) is 22.6 Å². The van der Waals surface area contributed by atoms with Crippen LogP contribution < -0.4 is 5.32 Å². The lowest BCUT2D eigenvalue weighted by molar-refractivity contribution is -0.129. The van der Waals surface area contributed by atoms with Crippen molar-refractivity contribution in [3.63, 3.8) is 0 Å². The molecule has 3 rings (SSSR count). The third kappa shape index (κ3) is 5.04. The molecule has 1 heterocycles. The summed E-state index contributed by atoms with van der Waals surface area (Å²) in [6.07, 6.45) is 0.0742. The van der Waals surface area contributed by atoms with Gasteiger partial charge >= 0.3 is 5.97 Å². The lowest BCUT2D eigenvalue weighted by Crippen LogP contribution is -2.35. The van der Waals surface area contributed by atoms with Crippen LogP contribution in [0.2, 0.25) is 0 Å². The predicted molar refractivity (Wildman–Crippen MR) is 110 cm³/mol. The van der Waals surface area contributed by atoms with Gasteiger partial charge in [0.2, 0.25) is 0 Å². The molecule has 0 fully saturated rings. The smallest absolute Gasteiger partial charge is 0.358 e. The molecule has 0 saturated carbocycles. The Morgan fingerprint density at radius 1 is 1.07 bits per heavy atom. The van der Waals surface area contributed by atoms with Crippen molar-refractivity contribution in [1.82, 2.24) is 10.3 Å². The second-order valence-corrected chi connectivity index (χ2v) is 7.20. The van der Waals surface area contributed by atoms with E-state index in [1.165, 1.54) is 16.9 Å². The zero-order valence-electron chi connectivity index (χ0n) is 15.8. The molecule has 3 aromatic rings. The molecule has 0 unspecified atom stereocenters. The van der Waals surface area contributed by atoms with E-state index in [9.17, 15) is 9.59 Å². The number of carbonyl (C=O) groups is 2. The number of nitrogens with one attached hydrogen (secondary N) is 1. The molecule has 144 valence electrons. The molecule has 0 saturated heterocycles. The van der Waals surface area contributed by atoms with E-state index in [0.29, 0.717) is 6.54 Å². The van der Waals surface area contributed by atoms with E-state index < -0.39 is 12.1 Å². The minimum atomic E-state index is -0.898. The standard InChI is InChI=1S/C22H22N2O3S/c1-3-16-9-11-18(12-10-16)21-24-19(14-28-21)22(26)27-15(2)20(25)23-13-17-7-5-4-6-8-17/h4-12,14-15H,3,13H2,1-2H3,(H,23,25)/t15-/m0/s1. The number of thiazole rings is 1. The molecule has 1 atom stereocenters. The number of aryl methyl sites for hydroxylation is 1. The zero-order valence-corrected chi connectivity index (χ0v) is 16.7. The Hall–Kier alpha value is -2.99. The Morgan fingerprint density at radius 2 is 1.79 bits per heavy atom. The van der Waals surface area contributed by atoms with Crippen LogP contribution in [0.25, 0.3) is 10.6 Å². The minimum Gasteiger partial charge on any atom is -0.448 e. The fraction of sp³-hybridized carbons (Fsp3) is 0.227. The summed E-state index contributed by atoms with van der Waals surface area (Å²) < 4.78 is 5.27. The van der Waals surface area contributed by atoms with Crippen molar-refractivity contribution >= 4 is 23.2 Å². The highest BCUT2D eigenvalue weighted by Crippen LogP contribution is 2.24. The number of ether oxygens (including phenoxy) is 1. The van der Waals surface area contributed by atoms with Crippen LogP contribution in [0.3, 0.4) is 0 Å². The third-order valence-corrected chi connectivity index (χ3v) is 5.18. The molecule has 5 nitrogen and oxygen atoms in total. The van der Waals surface area contributed by atoms with Gasteiger partial charge in [-0.15, -0.1) is 11.3 Å². The summed E-state index contributed by atoms with van der Waals surface area (Å²) in [5, 5.41) is 5.16. The first-order valence-electron chi connectivity index (χ1n) is 9.14. The molecule has 0 aliphatic rings. The number of amides is 1. The molecule has 1 aromatic heterocycles. The molecule has 0 radical (unpaired) electrons. The number of aromatic nitrogens is 1. The fourth-order valence-electron chi connectivity index (χ4n) is 2.59. The van der Waals surface area contributed by atoms with Gasteiger partial charge in [0.05, 0.1) is 0 Å². The van der Waals surface area contributed by atoms with Crippen molar-refractivity contribution < 1.29 is 14.3 Å². The van der Waals surface area contributed by atoms with E-state index >= 15 is 0 Å². The number of hydrogen-bond donors (Lipinski definition) is 1. The number of nitrogens with zero attached hydrogens (tertiary/aromatic N) is 1. The third-order valence-electron chi connectivity index (χ3n) is 4.29. The average molecular weight is 394 g/mol. The number of esters is 1. The van der Waals surface area contributed by atoms with Gasteiger partial charge in [-0.2, -0.15) is 0 Å². The first-order valence-corrected chi connectivity index (χ1v) is 10.0. The maximum Gasteiger partial charge on any atom is 0.358 e. The second kappa shape index (κ2) is 9.28. The second-order valence-electron chi connectivity index (χ2n) is 6.34. The van der Waals surface area contributed by atoms with E-state index in [1.807, 2.05) is 54.6 Å². The molecule has 28 heavy (non-hydrogen) atoms. The molecule has 1 amide bonds. The van der Waals surface area contributed by atoms with Crippen LogP contribution in [0.4, 0.5) is 0 Å². The molecule has 2 aromatic carbocycles. The summed E-state index contributed by atoms with van der Waals surface area (Å²) in [7, 11) is 0. The highest BCUT2D eigenvalue weighted by molar-refractivity contribution is 7.13. The van der Waals surface area contributed by atoms with Gasteiger partial charge < -0.3 is 10.1 Å². The van der Waals surface area contributed by atoms with Crippen LogP contribution in [0.15, 0.2) is 60.0 Å².